The molecule has 4 aliphatic carbocycles. The van der Waals surface area contributed by atoms with Crippen molar-refractivity contribution in [1.82, 2.24) is 10.2 Å². The zero-order valence-electron chi connectivity index (χ0n) is 25.8. The lowest BCUT2D eigenvalue weighted by Crippen LogP contribution is -2.53. The first-order valence-electron chi connectivity index (χ1n) is 15.6. The van der Waals surface area contributed by atoms with E-state index in [1.807, 2.05) is 64.1 Å². The van der Waals surface area contributed by atoms with Gasteiger partial charge in [-0.1, -0.05) is 48.9 Å². The second-order valence-corrected chi connectivity index (χ2v) is 15.5. The maximum Gasteiger partial charge on any atom is 0.244 e. The molecule has 228 valence electrons. The number of nitrogens with zero attached hydrogens (tertiary/aromatic N) is 2. The number of rotatable bonds is 11. The van der Waals surface area contributed by atoms with Crippen LogP contribution in [0.3, 0.4) is 0 Å². The van der Waals surface area contributed by atoms with Gasteiger partial charge in [0.25, 0.3) is 0 Å². The number of carbonyl (C=O) groups is 2. The van der Waals surface area contributed by atoms with E-state index in [-0.39, 0.29) is 30.5 Å². The molecule has 0 saturated heterocycles. The second-order valence-electron chi connectivity index (χ2n) is 13.6. The summed E-state index contributed by atoms with van der Waals surface area (Å²) in [6.45, 7) is 7.48. The van der Waals surface area contributed by atoms with E-state index in [1.54, 1.807) is 0 Å². The van der Waals surface area contributed by atoms with Gasteiger partial charge >= 0.3 is 0 Å². The third-order valence-electron chi connectivity index (χ3n) is 9.78. The molecule has 4 bridgehead atoms. The first-order chi connectivity index (χ1) is 19.9. The Morgan fingerprint density at radius 3 is 1.95 bits per heavy atom. The van der Waals surface area contributed by atoms with Crippen molar-refractivity contribution in [2.75, 3.05) is 17.1 Å². The number of carbonyl (C=O) groups excluding carboxylic acids is 2. The minimum atomic E-state index is -3.77. The molecule has 1 atom stereocenters. The number of benzene rings is 2. The van der Waals surface area contributed by atoms with Crippen molar-refractivity contribution in [3.05, 3.63) is 65.2 Å². The second kappa shape index (κ2) is 12.0. The molecule has 2 aromatic carbocycles. The molecule has 2 aromatic rings. The highest BCUT2D eigenvalue weighted by atomic mass is 32.2. The molecule has 1 N–H and O–H groups in total. The van der Waals surface area contributed by atoms with E-state index in [1.165, 1.54) is 53.3 Å². The molecule has 6 rings (SSSR count). The third-order valence-corrected chi connectivity index (χ3v) is 10.9. The maximum absolute atomic E-state index is 14.0. The van der Waals surface area contributed by atoms with Gasteiger partial charge < -0.3 is 10.2 Å². The van der Waals surface area contributed by atoms with Crippen LogP contribution >= 0.6 is 0 Å². The Bertz CT molecular complexity index is 1350. The molecule has 0 aliphatic heterocycles. The Hall–Kier alpha value is -2.87. The summed E-state index contributed by atoms with van der Waals surface area (Å²) in [6, 6.07) is 15.0. The average Bonchev–Trinajstić information content (AvgIpc) is 2.91. The van der Waals surface area contributed by atoms with Crippen LogP contribution < -0.4 is 9.62 Å². The standard InChI is InChI=1S/C34H47N3O4S/c1-6-31(33(39)35-23(2)3)36(21-25-9-7-24(4)8-10-25)32(38)22-37(42(5,40)41)30-13-11-29(12-14-30)34-18-26-15-27(19-34)17-28(16-26)20-34/h7-14,23,26-28,31H,6,15-22H2,1-5H3,(H,35,39). The number of aryl methyl sites for hydroxylation is 1. The van der Waals surface area contributed by atoms with Crippen LogP contribution in [0.1, 0.15) is 82.4 Å². The van der Waals surface area contributed by atoms with Gasteiger partial charge in [-0.3, -0.25) is 13.9 Å². The van der Waals surface area contributed by atoms with E-state index in [2.05, 4.69) is 17.4 Å². The van der Waals surface area contributed by atoms with Crippen molar-refractivity contribution in [2.45, 2.75) is 96.7 Å². The number of sulfonamides is 1. The Balaban J connectivity index is 1.40. The van der Waals surface area contributed by atoms with Crippen LogP contribution in [0.5, 0.6) is 0 Å². The lowest BCUT2D eigenvalue weighted by Gasteiger charge is -2.57. The van der Waals surface area contributed by atoms with Crippen LogP contribution in [-0.2, 0) is 31.6 Å². The summed E-state index contributed by atoms with van der Waals surface area (Å²) in [5.41, 5.74) is 3.98. The van der Waals surface area contributed by atoms with Crippen molar-refractivity contribution in [1.29, 1.82) is 0 Å². The van der Waals surface area contributed by atoms with Crippen molar-refractivity contribution in [3.8, 4) is 0 Å². The van der Waals surface area contributed by atoms with Crippen molar-refractivity contribution >= 4 is 27.5 Å². The van der Waals surface area contributed by atoms with Crippen LogP contribution in [0.25, 0.3) is 0 Å². The molecule has 42 heavy (non-hydrogen) atoms. The predicted molar refractivity (Wildman–Crippen MR) is 168 cm³/mol. The molecule has 0 spiro atoms. The molecule has 1 unspecified atom stereocenters. The minimum Gasteiger partial charge on any atom is -0.352 e. The topological polar surface area (TPSA) is 86.8 Å². The quantitative estimate of drug-likeness (QED) is 0.370. The smallest absolute Gasteiger partial charge is 0.244 e. The highest BCUT2D eigenvalue weighted by molar-refractivity contribution is 7.92. The molecule has 4 fully saturated rings. The van der Waals surface area contributed by atoms with Gasteiger partial charge in [-0.2, -0.15) is 0 Å². The predicted octanol–water partition coefficient (Wildman–Crippen LogP) is 5.56. The van der Waals surface area contributed by atoms with E-state index < -0.39 is 22.0 Å². The van der Waals surface area contributed by atoms with E-state index >= 15 is 0 Å². The Morgan fingerprint density at radius 1 is 0.929 bits per heavy atom. The maximum atomic E-state index is 14.0. The average molecular weight is 594 g/mol. The highest BCUT2D eigenvalue weighted by Gasteiger charge is 2.51. The van der Waals surface area contributed by atoms with E-state index in [0.717, 1.165) is 35.1 Å². The van der Waals surface area contributed by atoms with Gasteiger partial charge in [-0.05, 0) is 112 Å². The molecule has 0 heterocycles. The number of nitrogens with one attached hydrogen (secondary N) is 1. The van der Waals surface area contributed by atoms with E-state index in [4.69, 9.17) is 0 Å². The summed E-state index contributed by atoms with van der Waals surface area (Å²) in [6.07, 6.45) is 9.36. The van der Waals surface area contributed by atoms with Gasteiger partial charge in [0.15, 0.2) is 0 Å². The summed E-state index contributed by atoms with van der Waals surface area (Å²) >= 11 is 0. The fourth-order valence-corrected chi connectivity index (χ4v) is 9.10. The largest absolute Gasteiger partial charge is 0.352 e. The Morgan fingerprint density at radius 2 is 1.48 bits per heavy atom. The minimum absolute atomic E-state index is 0.0807. The van der Waals surface area contributed by atoms with E-state index in [0.29, 0.717) is 12.1 Å². The zero-order chi connectivity index (χ0) is 30.2. The third kappa shape index (κ3) is 6.53. The summed E-state index contributed by atoms with van der Waals surface area (Å²) in [5.74, 6) is 1.82. The number of hydrogen-bond acceptors (Lipinski definition) is 4. The van der Waals surface area contributed by atoms with Crippen LogP contribution in [0.2, 0.25) is 0 Å². The van der Waals surface area contributed by atoms with Crippen molar-refractivity contribution < 1.29 is 18.0 Å². The fourth-order valence-electron chi connectivity index (χ4n) is 8.25. The Kier molecular flexibility index (Phi) is 8.75. The summed E-state index contributed by atoms with van der Waals surface area (Å²) in [4.78, 5) is 28.7. The van der Waals surface area contributed by atoms with Gasteiger partial charge in [0.05, 0.1) is 11.9 Å². The number of hydrogen-bond donors (Lipinski definition) is 1. The lowest BCUT2D eigenvalue weighted by atomic mass is 9.48. The number of anilines is 1. The molecule has 0 radical (unpaired) electrons. The molecule has 4 saturated carbocycles. The van der Waals surface area contributed by atoms with Gasteiger partial charge in [0.1, 0.15) is 12.6 Å². The molecular weight excluding hydrogens is 546 g/mol. The molecule has 0 aromatic heterocycles. The number of amides is 2. The normalized spacial score (nSPS) is 25.3. The zero-order valence-corrected chi connectivity index (χ0v) is 26.6. The van der Waals surface area contributed by atoms with Gasteiger partial charge in [0.2, 0.25) is 21.8 Å². The first-order valence-corrected chi connectivity index (χ1v) is 17.5. The van der Waals surface area contributed by atoms with Crippen LogP contribution in [0.15, 0.2) is 48.5 Å². The SMILES string of the molecule is CCC(C(=O)NC(C)C)N(Cc1ccc(C)cc1)C(=O)CN(c1ccc(C23CC4CC(CC(C4)C2)C3)cc1)S(C)(=O)=O. The molecule has 8 heteroatoms. The summed E-state index contributed by atoms with van der Waals surface area (Å²) < 4.78 is 27.4. The van der Waals surface area contributed by atoms with E-state index in [9.17, 15) is 18.0 Å². The molecule has 4 aliphatic rings. The fraction of sp³-hybridized carbons (Fsp3) is 0.588. The van der Waals surface area contributed by atoms with Crippen LogP contribution in [0, 0.1) is 24.7 Å². The summed E-state index contributed by atoms with van der Waals surface area (Å²) in [5, 5.41) is 2.93. The van der Waals surface area contributed by atoms with Crippen molar-refractivity contribution in [2.24, 2.45) is 17.8 Å². The van der Waals surface area contributed by atoms with Crippen LogP contribution in [-0.4, -0.2) is 50.0 Å². The molecule has 2 amide bonds. The monoisotopic (exact) mass is 593 g/mol. The van der Waals surface area contributed by atoms with Gasteiger partial charge in [0, 0.05) is 12.6 Å². The summed E-state index contributed by atoms with van der Waals surface area (Å²) in [7, 11) is -3.77. The van der Waals surface area contributed by atoms with Crippen LogP contribution in [0.4, 0.5) is 5.69 Å². The van der Waals surface area contributed by atoms with Gasteiger partial charge in [-0.15, -0.1) is 0 Å². The van der Waals surface area contributed by atoms with Gasteiger partial charge in [-0.25, -0.2) is 8.42 Å². The molecular formula is C34H47N3O4S. The Labute approximate surface area is 252 Å². The van der Waals surface area contributed by atoms with Crippen molar-refractivity contribution in [3.63, 3.8) is 0 Å². The highest BCUT2D eigenvalue weighted by Crippen LogP contribution is 2.60. The first kappa shape index (κ1) is 30.6. The lowest BCUT2D eigenvalue weighted by molar-refractivity contribution is -0.140. The molecule has 7 nitrogen and oxygen atoms in total.